The maximum Gasteiger partial charge on any atom is 0.261 e. The van der Waals surface area contributed by atoms with Gasteiger partial charge in [0.25, 0.3) is 5.91 Å². The first-order chi connectivity index (χ1) is 10.9. The summed E-state index contributed by atoms with van der Waals surface area (Å²) in [5, 5.41) is 6.52. The van der Waals surface area contributed by atoms with Crippen LogP contribution in [0.4, 0.5) is 5.69 Å². The van der Waals surface area contributed by atoms with E-state index in [4.69, 9.17) is 51.8 Å². The molecule has 8 heteroatoms. The lowest BCUT2D eigenvalue weighted by atomic mass is 10.2. The molecule has 2 aromatic rings. The van der Waals surface area contributed by atoms with Gasteiger partial charge in [-0.3, -0.25) is 10.1 Å². The zero-order valence-corrected chi connectivity index (χ0v) is 14.9. The second-order valence-electron chi connectivity index (χ2n) is 4.35. The third kappa shape index (κ3) is 4.48. The molecular formula is C15H11Cl3N2O2S. The molecule has 0 saturated carbocycles. The number of carbonyl (C=O) groups is 1. The molecule has 0 radical (unpaired) electrons. The zero-order chi connectivity index (χ0) is 17.0. The molecule has 0 aromatic heterocycles. The third-order valence-electron chi connectivity index (χ3n) is 2.83. The largest absolute Gasteiger partial charge is 0.496 e. The van der Waals surface area contributed by atoms with Crippen molar-refractivity contribution < 1.29 is 9.53 Å². The number of carbonyl (C=O) groups excluding carboxylic acids is 1. The summed E-state index contributed by atoms with van der Waals surface area (Å²) in [5.74, 6) is -0.0736. The Bertz CT molecular complexity index is 768. The first-order valence-electron chi connectivity index (χ1n) is 6.32. The van der Waals surface area contributed by atoms with Gasteiger partial charge in [-0.05, 0) is 42.5 Å². The Balaban J connectivity index is 2.13. The third-order valence-corrected chi connectivity index (χ3v) is 4.09. The molecule has 2 rings (SSSR count). The van der Waals surface area contributed by atoms with Crippen LogP contribution in [0.15, 0.2) is 36.4 Å². The lowest BCUT2D eigenvalue weighted by molar-refractivity contribution is 0.0975. The Kier molecular flexibility index (Phi) is 6.07. The van der Waals surface area contributed by atoms with Gasteiger partial charge in [0, 0.05) is 5.02 Å². The van der Waals surface area contributed by atoms with Gasteiger partial charge in [-0.15, -0.1) is 0 Å². The van der Waals surface area contributed by atoms with Crippen LogP contribution in [0.3, 0.4) is 0 Å². The number of hydrogen-bond acceptors (Lipinski definition) is 3. The molecule has 2 N–H and O–H groups in total. The quantitative estimate of drug-likeness (QED) is 0.742. The lowest BCUT2D eigenvalue weighted by Crippen LogP contribution is -2.34. The SMILES string of the molecule is COc1ccc(Cl)cc1C(=O)NC(=S)Nc1cccc(Cl)c1Cl. The summed E-state index contributed by atoms with van der Waals surface area (Å²) in [7, 11) is 1.46. The standard InChI is InChI=1S/C15H11Cl3N2O2S/c1-22-12-6-5-8(16)7-9(12)14(21)20-15(23)19-11-4-2-3-10(17)13(11)18/h2-7H,1H3,(H2,19,20,21,23). The number of anilines is 1. The van der Waals surface area contributed by atoms with Crippen LogP contribution in [-0.4, -0.2) is 18.1 Å². The molecule has 0 spiro atoms. The van der Waals surface area contributed by atoms with Crippen molar-refractivity contribution in [3.63, 3.8) is 0 Å². The highest BCUT2D eigenvalue weighted by atomic mass is 35.5. The fraction of sp³-hybridized carbons (Fsp3) is 0.0667. The van der Waals surface area contributed by atoms with Gasteiger partial charge in [0.05, 0.1) is 28.4 Å². The summed E-state index contributed by atoms with van der Waals surface area (Å²) in [6.45, 7) is 0. The summed E-state index contributed by atoms with van der Waals surface area (Å²) in [4.78, 5) is 12.3. The molecule has 1 amide bonds. The van der Waals surface area contributed by atoms with Gasteiger partial charge in [-0.2, -0.15) is 0 Å². The van der Waals surface area contributed by atoms with Gasteiger partial charge < -0.3 is 10.1 Å². The smallest absolute Gasteiger partial charge is 0.261 e. The van der Waals surface area contributed by atoms with E-state index in [1.807, 2.05) is 0 Å². The minimum absolute atomic E-state index is 0.0706. The Morgan fingerprint density at radius 3 is 2.61 bits per heavy atom. The van der Waals surface area contributed by atoms with Gasteiger partial charge in [0.1, 0.15) is 5.75 Å². The highest BCUT2D eigenvalue weighted by Gasteiger charge is 2.15. The van der Waals surface area contributed by atoms with Gasteiger partial charge in [0.15, 0.2) is 5.11 Å². The number of benzene rings is 2. The molecule has 0 heterocycles. The van der Waals surface area contributed by atoms with Crippen LogP contribution in [0, 0.1) is 0 Å². The van der Waals surface area contributed by atoms with Crippen LogP contribution in [0.2, 0.25) is 15.1 Å². The minimum Gasteiger partial charge on any atom is -0.496 e. The van der Waals surface area contributed by atoms with Crippen molar-refractivity contribution in [3.8, 4) is 5.75 Å². The number of amides is 1. The summed E-state index contributed by atoms with van der Waals surface area (Å²) in [5.41, 5.74) is 0.754. The van der Waals surface area contributed by atoms with Gasteiger partial charge >= 0.3 is 0 Å². The van der Waals surface area contributed by atoms with Crippen molar-refractivity contribution in [2.75, 3.05) is 12.4 Å². The average molecular weight is 390 g/mol. The second-order valence-corrected chi connectivity index (χ2v) is 5.98. The van der Waals surface area contributed by atoms with Crippen LogP contribution >= 0.6 is 47.0 Å². The van der Waals surface area contributed by atoms with E-state index in [2.05, 4.69) is 10.6 Å². The van der Waals surface area contributed by atoms with Crippen LogP contribution in [0.25, 0.3) is 0 Å². The van der Waals surface area contributed by atoms with E-state index >= 15 is 0 Å². The Labute approximate surface area is 153 Å². The fourth-order valence-electron chi connectivity index (χ4n) is 1.78. The number of thiocarbonyl (C=S) groups is 1. The van der Waals surface area contributed by atoms with Gasteiger partial charge in [-0.1, -0.05) is 40.9 Å². The van der Waals surface area contributed by atoms with E-state index in [-0.39, 0.29) is 10.7 Å². The molecule has 0 unspecified atom stereocenters. The minimum atomic E-state index is -0.458. The molecule has 0 aliphatic rings. The predicted molar refractivity (Wildman–Crippen MR) is 98.2 cm³/mol. The molecule has 0 bridgehead atoms. The fourth-order valence-corrected chi connectivity index (χ4v) is 2.50. The second kappa shape index (κ2) is 7.84. The van der Waals surface area contributed by atoms with E-state index in [0.717, 1.165) is 0 Å². The number of nitrogens with one attached hydrogen (secondary N) is 2. The highest BCUT2D eigenvalue weighted by molar-refractivity contribution is 7.80. The van der Waals surface area contributed by atoms with E-state index < -0.39 is 5.91 Å². The number of ether oxygens (including phenoxy) is 1. The summed E-state index contributed by atoms with van der Waals surface area (Å²) < 4.78 is 5.13. The van der Waals surface area contributed by atoms with Crippen LogP contribution in [0.5, 0.6) is 5.75 Å². The lowest BCUT2D eigenvalue weighted by Gasteiger charge is -2.13. The Morgan fingerprint density at radius 2 is 1.91 bits per heavy atom. The molecule has 0 fully saturated rings. The zero-order valence-electron chi connectivity index (χ0n) is 11.8. The van der Waals surface area contributed by atoms with Crippen molar-refractivity contribution >= 4 is 63.7 Å². The van der Waals surface area contributed by atoms with E-state index in [1.165, 1.54) is 13.2 Å². The first kappa shape index (κ1) is 17.8. The van der Waals surface area contributed by atoms with E-state index in [9.17, 15) is 4.79 Å². The van der Waals surface area contributed by atoms with E-state index in [0.29, 0.717) is 26.5 Å². The van der Waals surface area contributed by atoms with Crippen molar-refractivity contribution in [2.45, 2.75) is 0 Å². The van der Waals surface area contributed by atoms with Gasteiger partial charge in [0.2, 0.25) is 0 Å². The molecule has 0 aliphatic heterocycles. The van der Waals surface area contributed by atoms with E-state index in [1.54, 1.807) is 30.3 Å². The van der Waals surface area contributed by atoms with Crippen LogP contribution in [0.1, 0.15) is 10.4 Å². The molecule has 0 atom stereocenters. The Morgan fingerprint density at radius 1 is 1.17 bits per heavy atom. The number of rotatable bonds is 3. The van der Waals surface area contributed by atoms with Crippen molar-refractivity contribution in [1.82, 2.24) is 5.32 Å². The molecule has 0 saturated heterocycles. The molecule has 120 valence electrons. The number of methoxy groups -OCH3 is 1. The molecular weight excluding hydrogens is 379 g/mol. The topological polar surface area (TPSA) is 50.4 Å². The van der Waals surface area contributed by atoms with Crippen molar-refractivity contribution in [1.29, 1.82) is 0 Å². The highest BCUT2D eigenvalue weighted by Crippen LogP contribution is 2.29. The Hall–Kier alpha value is -1.53. The van der Waals surface area contributed by atoms with Crippen molar-refractivity contribution in [3.05, 3.63) is 57.0 Å². The normalized spacial score (nSPS) is 10.1. The predicted octanol–water partition coefficient (Wildman–Crippen LogP) is 4.78. The van der Waals surface area contributed by atoms with Gasteiger partial charge in [-0.25, -0.2) is 0 Å². The molecule has 2 aromatic carbocycles. The molecule has 0 aliphatic carbocycles. The van der Waals surface area contributed by atoms with Crippen molar-refractivity contribution in [2.24, 2.45) is 0 Å². The first-order valence-corrected chi connectivity index (χ1v) is 7.86. The average Bonchev–Trinajstić information content (AvgIpc) is 2.51. The summed E-state index contributed by atoms with van der Waals surface area (Å²) in [6, 6.07) is 9.76. The maximum absolute atomic E-state index is 12.3. The van der Waals surface area contributed by atoms with Crippen LogP contribution < -0.4 is 15.4 Å². The molecule has 4 nitrogen and oxygen atoms in total. The number of halogens is 3. The summed E-state index contributed by atoms with van der Waals surface area (Å²) >= 11 is 23.0. The monoisotopic (exact) mass is 388 g/mol. The summed E-state index contributed by atoms with van der Waals surface area (Å²) in [6.07, 6.45) is 0. The maximum atomic E-state index is 12.3. The number of hydrogen-bond donors (Lipinski definition) is 2. The van der Waals surface area contributed by atoms with Crippen LogP contribution in [-0.2, 0) is 0 Å². The molecule has 23 heavy (non-hydrogen) atoms.